The molecule has 8 heteroatoms. The molecule has 0 radical (unpaired) electrons. The van der Waals surface area contributed by atoms with Crippen molar-refractivity contribution in [3.8, 4) is 0 Å². The maximum absolute atomic E-state index is 12.5. The zero-order valence-corrected chi connectivity index (χ0v) is 17.3. The molecule has 0 fully saturated rings. The summed E-state index contributed by atoms with van der Waals surface area (Å²) in [7, 11) is 0. The first kappa shape index (κ1) is 21.2. The summed E-state index contributed by atoms with van der Waals surface area (Å²) in [5.74, 6) is -1.10. The van der Waals surface area contributed by atoms with E-state index in [1.807, 2.05) is 30.3 Å². The number of hydrogen-bond donors (Lipinski definition) is 2. The van der Waals surface area contributed by atoms with Crippen LogP contribution < -0.4 is 5.32 Å². The van der Waals surface area contributed by atoms with Crippen LogP contribution in [0.4, 0.5) is 0 Å². The van der Waals surface area contributed by atoms with E-state index < -0.39 is 30.5 Å². The number of nitrogens with one attached hydrogen (secondary N) is 2. The number of H-pyrrole nitrogens is 1. The van der Waals surface area contributed by atoms with E-state index in [1.165, 1.54) is 0 Å². The fraction of sp³-hybridized carbons (Fsp3) is 0.318. The average molecular weight is 412 g/mol. The van der Waals surface area contributed by atoms with Gasteiger partial charge >= 0.3 is 11.9 Å². The Balaban J connectivity index is 1.60. The Morgan fingerprint density at radius 2 is 1.87 bits per heavy atom. The van der Waals surface area contributed by atoms with Gasteiger partial charge in [-0.2, -0.15) is 0 Å². The van der Waals surface area contributed by atoms with Crippen LogP contribution in [0.2, 0.25) is 0 Å². The molecule has 0 spiro atoms. The summed E-state index contributed by atoms with van der Waals surface area (Å²) in [6, 6.07) is 9.01. The molecule has 2 aromatic heterocycles. The summed E-state index contributed by atoms with van der Waals surface area (Å²) < 4.78 is 15.8. The van der Waals surface area contributed by atoms with E-state index in [9.17, 15) is 14.4 Å². The van der Waals surface area contributed by atoms with Crippen LogP contribution in [0, 0.1) is 13.8 Å². The van der Waals surface area contributed by atoms with Gasteiger partial charge in [-0.15, -0.1) is 0 Å². The fourth-order valence-electron chi connectivity index (χ4n) is 3.24. The molecule has 3 aromatic rings. The highest BCUT2D eigenvalue weighted by Gasteiger charge is 2.24. The first-order valence-corrected chi connectivity index (χ1v) is 9.63. The van der Waals surface area contributed by atoms with Gasteiger partial charge in [0.15, 0.2) is 6.61 Å². The molecule has 1 amide bonds. The number of ether oxygens (including phenoxy) is 2. The van der Waals surface area contributed by atoms with Gasteiger partial charge in [-0.1, -0.05) is 18.2 Å². The Kier molecular flexibility index (Phi) is 6.25. The highest BCUT2D eigenvalue weighted by atomic mass is 16.5. The molecule has 1 aromatic carbocycles. The monoisotopic (exact) mass is 412 g/mol. The van der Waals surface area contributed by atoms with Crippen LogP contribution in [0.3, 0.4) is 0 Å². The number of benzene rings is 1. The summed E-state index contributed by atoms with van der Waals surface area (Å²) >= 11 is 0. The number of rotatable bonds is 7. The summed E-state index contributed by atoms with van der Waals surface area (Å²) in [4.78, 5) is 39.5. The SMILES string of the molecule is CCOC(=O)c1[nH]c(C)c(C(=O)OCC(=O)NC(C)c2cc3ccccc3o2)c1C. The number of carbonyl (C=O) groups excluding carboxylic acids is 3. The van der Waals surface area contributed by atoms with E-state index in [-0.39, 0.29) is 17.9 Å². The molecule has 30 heavy (non-hydrogen) atoms. The van der Waals surface area contributed by atoms with Crippen LogP contribution >= 0.6 is 0 Å². The largest absolute Gasteiger partial charge is 0.461 e. The molecule has 0 saturated heterocycles. The van der Waals surface area contributed by atoms with Gasteiger partial charge in [0.05, 0.1) is 18.2 Å². The van der Waals surface area contributed by atoms with E-state index in [2.05, 4.69) is 10.3 Å². The molecule has 3 rings (SSSR count). The van der Waals surface area contributed by atoms with Crippen LogP contribution in [0.15, 0.2) is 34.7 Å². The molecule has 2 N–H and O–H groups in total. The van der Waals surface area contributed by atoms with E-state index >= 15 is 0 Å². The number of aromatic nitrogens is 1. The highest BCUT2D eigenvalue weighted by Crippen LogP contribution is 2.23. The number of furan rings is 1. The number of amides is 1. The normalized spacial score (nSPS) is 11.9. The van der Waals surface area contributed by atoms with Gasteiger partial charge < -0.3 is 24.2 Å². The standard InChI is InChI=1S/C22H24N2O6/c1-5-28-22(27)20-12(2)19(14(4)24-20)21(26)29-11-18(25)23-13(3)17-10-15-8-6-7-9-16(15)30-17/h6-10,13,24H,5,11H2,1-4H3,(H,23,25). The molecular formula is C22H24N2O6. The Labute approximate surface area is 173 Å². The van der Waals surface area contributed by atoms with E-state index in [1.54, 1.807) is 27.7 Å². The first-order chi connectivity index (χ1) is 14.3. The van der Waals surface area contributed by atoms with Gasteiger partial charge in [0, 0.05) is 11.1 Å². The zero-order chi connectivity index (χ0) is 21.8. The maximum atomic E-state index is 12.5. The van der Waals surface area contributed by atoms with Crippen LogP contribution in [0.5, 0.6) is 0 Å². The number of esters is 2. The Bertz CT molecular complexity index is 1060. The summed E-state index contributed by atoms with van der Waals surface area (Å²) in [6.45, 7) is 6.51. The van der Waals surface area contributed by atoms with Gasteiger partial charge in [0.1, 0.15) is 17.0 Å². The number of hydrogen-bond acceptors (Lipinski definition) is 6. The predicted molar refractivity (Wildman–Crippen MR) is 109 cm³/mol. The van der Waals surface area contributed by atoms with Crippen LogP contribution in [-0.2, 0) is 14.3 Å². The number of fused-ring (bicyclic) bond motifs is 1. The lowest BCUT2D eigenvalue weighted by Crippen LogP contribution is -2.31. The second kappa shape index (κ2) is 8.86. The Morgan fingerprint density at radius 1 is 1.13 bits per heavy atom. The first-order valence-electron chi connectivity index (χ1n) is 9.63. The van der Waals surface area contributed by atoms with E-state index in [4.69, 9.17) is 13.9 Å². The van der Waals surface area contributed by atoms with Crippen molar-refractivity contribution < 1.29 is 28.3 Å². The van der Waals surface area contributed by atoms with Crippen molar-refractivity contribution in [1.82, 2.24) is 10.3 Å². The van der Waals surface area contributed by atoms with Crippen molar-refractivity contribution in [2.75, 3.05) is 13.2 Å². The van der Waals surface area contributed by atoms with Gasteiger partial charge in [0.25, 0.3) is 5.91 Å². The molecule has 1 atom stereocenters. The van der Waals surface area contributed by atoms with Crippen LogP contribution in [0.25, 0.3) is 11.0 Å². The van der Waals surface area contributed by atoms with Crippen LogP contribution in [-0.4, -0.2) is 36.0 Å². The van der Waals surface area contributed by atoms with Crippen molar-refractivity contribution in [2.45, 2.75) is 33.7 Å². The van der Waals surface area contributed by atoms with Gasteiger partial charge in [0.2, 0.25) is 0 Å². The van der Waals surface area contributed by atoms with Crippen molar-refractivity contribution in [3.05, 3.63) is 58.6 Å². The minimum absolute atomic E-state index is 0.198. The highest BCUT2D eigenvalue weighted by molar-refractivity contribution is 5.99. The molecule has 0 aliphatic rings. The lowest BCUT2D eigenvalue weighted by atomic mass is 10.1. The Morgan fingerprint density at radius 3 is 2.57 bits per heavy atom. The van der Waals surface area contributed by atoms with Gasteiger partial charge in [-0.25, -0.2) is 9.59 Å². The maximum Gasteiger partial charge on any atom is 0.355 e. The molecule has 8 nitrogen and oxygen atoms in total. The second-order valence-electron chi connectivity index (χ2n) is 6.90. The number of aromatic amines is 1. The van der Waals surface area contributed by atoms with Crippen molar-refractivity contribution in [3.63, 3.8) is 0 Å². The summed E-state index contributed by atoms with van der Waals surface area (Å²) in [6.07, 6.45) is 0. The molecule has 1 unspecified atom stereocenters. The molecule has 0 aliphatic heterocycles. The predicted octanol–water partition coefficient (Wildman–Crippen LogP) is 3.59. The molecule has 0 bridgehead atoms. The fourth-order valence-corrected chi connectivity index (χ4v) is 3.24. The quantitative estimate of drug-likeness (QED) is 0.574. The average Bonchev–Trinajstić information content (AvgIpc) is 3.27. The van der Waals surface area contributed by atoms with E-state index in [0.29, 0.717) is 17.0 Å². The number of para-hydroxylation sites is 1. The third kappa shape index (κ3) is 4.37. The topological polar surface area (TPSA) is 111 Å². The molecular weight excluding hydrogens is 388 g/mol. The minimum atomic E-state index is -0.691. The molecule has 0 aliphatic carbocycles. The Hall–Kier alpha value is -3.55. The molecule has 158 valence electrons. The number of aryl methyl sites for hydroxylation is 1. The second-order valence-corrected chi connectivity index (χ2v) is 6.90. The zero-order valence-electron chi connectivity index (χ0n) is 17.3. The molecule has 2 heterocycles. The smallest absolute Gasteiger partial charge is 0.355 e. The minimum Gasteiger partial charge on any atom is -0.461 e. The molecule has 0 saturated carbocycles. The number of carbonyl (C=O) groups is 3. The summed E-state index contributed by atoms with van der Waals surface area (Å²) in [5.41, 5.74) is 2.04. The van der Waals surface area contributed by atoms with Crippen LogP contribution in [0.1, 0.15) is 57.8 Å². The van der Waals surface area contributed by atoms with Gasteiger partial charge in [-0.3, -0.25) is 4.79 Å². The van der Waals surface area contributed by atoms with Gasteiger partial charge in [-0.05, 0) is 45.4 Å². The third-order valence-electron chi connectivity index (χ3n) is 4.70. The third-order valence-corrected chi connectivity index (χ3v) is 4.70. The van der Waals surface area contributed by atoms with Crippen molar-refractivity contribution in [1.29, 1.82) is 0 Å². The van der Waals surface area contributed by atoms with E-state index in [0.717, 1.165) is 11.0 Å². The van der Waals surface area contributed by atoms with Crippen molar-refractivity contribution >= 4 is 28.8 Å². The summed E-state index contributed by atoms with van der Waals surface area (Å²) in [5, 5.41) is 3.68. The van der Waals surface area contributed by atoms with Crippen molar-refractivity contribution in [2.24, 2.45) is 0 Å². The lowest BCUT2D eigenvalue weighted by Gasteiger charge is -2.11. The lowest BCUT2D eigenvalue weighted by molar-refractivity contribution is -0.125.